The van der Waals surface area contributed by atoms with E-state index in [9.17, 15) is 18.0 Å². The number of hydrogen-bond acceptors (Lipinski definition) is 4. The van der Waals surface area contributed by atoms with Gasteiger partial charge in [-0.15, -0.1) is 0 Å². The Bertz CT molecular complexity index is 1070. The highest BCUT2D eigenvalue weighted by atomic mass is 32.2. The lowest BCUT2D eigenvalue weighted by Crippen LogP contribution is -2.51. The van der Waals surface area contributed by atoms with E-state index in [0.717, 1.165) is 32.8 Å². The minimum atomic E-state index is -3.73. The van der Waals surface area contributed by atoms with Gasteiger partial charge >= 0.3 is 0 Å². The lowest BCUT2D eigenvalue weighted by Gasteiger charge is -2.32. The fraction of sp³-hybridized carbons (Fsp3) is 0.417. The Hall–Kier alpha value is -2.87. The van der Waals surface area contributed by atoms with Crippen molar-refractivity contribution >= 4 is 27.5 Å². The van der Waals surface area contributed by atoms with Gasteiger partial charge in [0.15, 0.2) is 0 Å². The van der Waals surface area contributed by atoms with Crippen LogP contribution in [0.1, 0.15) is 35.6 Å². The summed E-state index contributed by atoms with van der Waals surface area (Å²) in [6, 6.07) is 12.3. The largest absolute Gasteiger partial charge is 0.357 e. The second-order valence-corrected chi connectivity index (χ2v) is 9.99. The fourth-order valence-corrected chi connectivity index (χ4v) is 4.31. The number of sulfonamides is 1. The summed E-state index contributed by atoms with van der Waals surface area (Å²) in [7, 11) is -2.20. The number of hydrogen-bond donors (Lipinski definition) is 1. The van der Waals surface area contributed by atoms with E-state index in [-0.39, 0.29) is 19.0 Å². The minimum absolute atomic E-state index is 0.204. The van der Waals surface area contributed by atoms with Gasteiger partial charge < -0.3 is 10.2 Å². The van der Waals surface area contributed by atoms with Gasteiger partial charge in [0.25, 0.3) is 0 Å². The van der Waals surface area contributed by atoms with E-state index in [1.807, 2.05) is 58.0 Å². The first kappa shape index (κ1) is 25.4. The van der Waals surface area contributed by atoms with Crippen LogP contribution in [0.15, 0.2) is 42.5 Å². The van der Waals surface area contributed by atoms with Crippen molar-refractivity contribution in [2.45, 2.75) is 46.7 Å². The third kappa shape index (κ3) is 6.32. The molecule has 2 amide bonds. The Balaban J connectivity index is 2.43. The standard InChI is InChI=1S/C24H33N3O4S/c1-7-22(24(29)25-5)26(15-20-11-8-17(2)9-12-20)23(28)16-27(32(6,30)31)21-13-10-18(3)19(4)14-21/h8-14,22H,7,15-16H2,1-6H3,(H,25,29)/t22-/m1/s1. The summed E-state index contributed by atoms with van der Waals surface area (Å²) in [5.74, 6) is -0.727. The molecule has 0 heterocycles. The molecular formula is C24H33N3O4S. The Morgan fingerprint density at radius 3 is 2.12 bits per heavy atom. The summed E-state index contributed by atoms with van der Waals surface area (Å²) in [5.41, 5.74) is 4.33. The van der Waals surface area contributed by atoms with Crippen LogP contribution in [0.2, 0.25) is 0 Å². The van der Waals surface area contributed by atoms with Crippen LogP contribution in [-0.4, -0.2) is 51.0 Å². The van der Waals surface area contributed by atoms with E-state index >= 15 is 0 Å². The van der Waals surface area contributed by atoms with Gasteiger partial charge in [-0.3, -0.25) is 13.9 Å². The molecule has 0 aliphatic rings. The van der Waals surface area contributed by atoms with Crippen LogP contribution in [0.3, 0.4) is 0 Å². The molecule has 7 nitrogen and oxygen atoms in total. The van der Waals surface area contributed by atoms with Crippen LogP contribution in [0.4, 0.5) is 5.69 Å². The molecule has 0 unspecified atom stereocenters. The summed E-state index contributed by atoms with van der Waals surface area (Å²) in [6.45, 7) is 7.44. The van der Waals surface area contributed by atoms with Crippen molar-refractivity contribution in [2.24, 2.45) is 0 Å². The van der Waals surface area contributed by atoms with Crippen molar-refractivity contribution in [3.8, 4) is 0 Å². The maximum atomic E-state index is 13.5. The maximum absolute atomic E-state index is 13.5. The highest BCUT2D eigenvalue weighted by Crippen LogP contribution is 2.22. The number of carbonyl (C=O) groups is 2. The van der Waals surface area contributed by atoms with E-state index in [4.69, 9.17) is 0 Å². The summed E-state index contributed by atoms with van der Waals surface area (Å²) < 4.78 is 26.3. The molecule has 0 spiro atoms. The monoisotopic (exact) mass is 459 g/mol. The molecule has 2 aromatic carbocycles. The number of likely N-dealkylation sites (N-methyl/N-ethyl adjacent to an activating group) is 1. The van der Waals surface area contributed by atoms with Gasteiger partial charge in [-0.05, 0) is 56.0 Å². The van der Waals surface area contributed by atoms with E-state index < -0.39 is 22.0 Å². The molecule has 0 saturated heterocycles. The average molecular weight is 460 g/mol. The van der Waals surface area contributed by atoms with Crippen molar-refractivity contribution in [1.82, 2.24) is 10.2 Å². The van der Waals surface area contributed by atoms with Crippen LogP contribution in [-0.2, 0) is 26.2 Å². The maximum Gasteiger partial charge on any atom is 0.244 e. The normalized spacial score (nSPS) is 12.2. The molecule has 174 valence electrons. The molecule has 0 saturated carbocycles. The number of carbonyl (C=O) groups excluding carboxylic acids is 2. The van der Waals surface area contributed by atoms with Gasteiger partial charge in [0.1, 0.15) is 12.6 Å². The molecule has 2 aromatic rings. The lowest BCUT2D eigenvalue weighted by atomic mass is 10.1. The first-order valence-electron chi connectivity index (χ1n) is 10.6. The third-order valence-corrected chi connectivity index (χ3v) is 6.70. The average Bonchev–Trinajstić information content (AvgIpc) is 2.74. The predicted molar refractivity (Wildman–Crippen MR) is 128 cm³/mol. The highest BCUT2D eigenvalue weighted by molar-refractivity contribution is 7.92. The van der Waals surface area contributed by atoms with Gasteiger partial charge in [-0.1, -0.05) is 42.8 Å². The van der Waals surface area contributed by atoms with Crippen molar-refractivity contribution in [3.05, 3.63) is 64.7 Å². The second-order valence-electron chi connectivity index (χ2n) is 8.08. The predicted octanol–water partition coefficient (Wildman–Crippen LogP) is 2.93. The minimum Gasteiger partial charge on any atom is -0.357 e. The first-order chi connectivity index (χ1) is 15.0. The SMILES string of the molecule is CC[C@H](C(=O)NC)N(Cc1ccc(C)cc1)C(=O)CN(c1ccc(C)c(C)c1)S(C)(=O)=O. The number of rotatable bonds is 9. The highest BCUT2D eigenvalue weighted by Gasteiger charge is 2.31. The molecule has 0 aliphatic carbocycles. The van der Waals surface area contributed by atoms with Crippen LogP contribution >= 0.6 is 0 Å². The summed E-state index contributed by atoms with van der Waals surface area (Å²) >= 11 is 0. The third-order valence-electron chi connectivity index (χ3n) is 5.56. The molecule has 0 bridgehead atoms. The van der Waals surface area contributed by atoms with E-state index in [1.54, 1.807) is 12.1 Å². The smallest absolute Gasteiger partial charge is 0.244 e. The van der Waals surface area contributed by atoms with E-state index in [0.29, 0.717) is 12.1 Å². The summed E-state index contributed by atoms with van der Waals surface area (Å²) in [5, 5.41) is 2.61. The topological polar surface area (TPSA) is 86.8 Å². The van der Waals surface area contributed by atoms with Crippen molar-refractivity contribution < 1.29 is 18.0 Å². The molecule has 32 heavy (non-hydrogen) atoms. The van der Waals surface area contributed by atoms with Gasteiger partial charge in [0, 0.05) is 13.6 Å². The Kier molecular flexibility index (Phi) is 8.44. The molecule has 0 aromatic heterocycles. The van der Waals surface area contributed by atoms with Crippen molar-refractivity contribution in [1.29, 1.82) is 0 Å². The zero-order chi connectivity index (χ0) is 24.1. The second kappa shape index (κ2) is 10.6. The molecule has 1 atom stereocenters. The van der Waals surface area contributed by atoms with Gasteiger partial charge in [0.2, 0.25) is 21.8 Å². The summed E-state index contributed by atoms with van der Waals surface area (Å²) in [6.07, 6.45) is 1.48. The van der Waals surface area contributed by atoms with Crippen molar-refractivity contribution in [2.75, 3.05) is 24.2 Å². The Morgan fingerprint density at radius 1 is 1.00 bits per heavy atom. The van der Waals surface area contributed by atoms with Gasteiger partial charge in [0.05, 0.1) is 11.9 Å². The van der Waals surface area contributed by atoms with Crippen LogP contribution < -0.4 is 9.62 Å². The van der Waals surface area contributed by atoms with Crippen LogP contribution in [0, 0.1) is 20.8 Å². The molecule has 1 N–H and O–H groups in total. The van der Waals surface area contributed by atoms with E-state index in [1.165, 1.54) is 11.9 Å². The number of aryl methyl sites for hydroxylation is 3. The Morgan fingerprint density at radius 2 is 1.62 bits per heavy atom. The molecule has 2 rings (SSSR count). The zero-order valence-corrected chi connectivity index (χ0v) is 20.5. The number of anilines is 1. The molecule has 0 aliphatic heterocycles. The number of nitrogens with one attached hydrogen (secondary N) is 1. The fourth-order valence-electron chi connectivity index (χ4n) is 3.47. The number of amides is 2. The van der Waals surface area contributed by atoms with Gasteiger partial charge in [-0.25, -0.2) is 8.42 Å². The quantitative estimate of drug-likeness (QED) is 0.625. The van der Waals surface area contributed by atoms with Gasteiger partial charge in [-0.2, -0.15) is 0 Å². The first-order valence-corrected chi connectivity index (χ1v) is 12.4. The molecule has 0 fully saturated rings. The molecule has 8 heteroatoms. The molecular weight excluding hydrogens is 426 g/mol. The van der Waals surface area contributed by atoms with Crippen molar-refractivity contribution in [3.63, 3.8) is 0 Å². The summed E-state index contributed by atoms with van der Waals surface area (Å²) in [4.78, 5) is 27.4. The van der Waals surface area contributed by atoms with E-state index in [2.05, 4.69) is 5.32 Å². The van der Waals surface area contributed by atoms with Crippen LogP contribution in [0.25, 0.3) is 0 Å². The number of benzene rings is 2. The lowest BCUT2D eigenvalue weighted by molar-refractivity contribution is -0.140. The Labute approximate surface area is 191 Å². The molecule has 0 radical (unpaired) electrons. The zero-order valence-electron chi connectivity index (χ0n) is 19.7. The number of nitrogens with zero attached hydrogens (tertiary/aromatic N) is 2. The van der Waals surface area contributed by atoms with Crippen LogP contribution in [0.5, 0.6) is 0 Å².